The van der Waals surface area contributed by atoms with Gasteiger partial charge in [0.2, 0.25) is 0 Å². The minimum atomic E-state index is 0.0494. The Hall–Kier alpha value is -2.16. The van der Waals surface area contributed by atoms with E-state index in [4.69, 9.17) is 0 Å². The molecule has 22 heavy (non-hydrogen) atoms. The zero-order chi connectivity index (χ0) is 15.7. The lowest BCUT2D eigenvalue weighted by Gasteiger charge is -2.21. The fourth-order valence-electron chi connectivity index (χ4n) is 2.83. The average Bonchev–Trinajstić information content (AvgIpc) is 2.95. The smallest absolute Gasteiger partial charge is 0.198 e. The number of benzene rings is 1. The largest absolute Gasteiger partial charge is 0.256 e. The van der Waals surface area contributed by atoms with E-state index in [9.17, 15) is 0 Å². The molecule has 114 valence electrons. The minimum absolute atomic E-state index is 0.0494. The highest BCUT2D eigenvalue weighted by atomic mass is 15.3. The highest BCUT2D eigenvalue weighted by Crippen LogP contribution is 2.26. The summed E-state index contributed by atoms with van der Waals surface area (Å²) < 4.78 is 2.18. The highest BCUT2D eigenvalue weighted by molar-refractivity contribution is 5.79. The Morgan fingerprint density at radius 3 is 2.77 bits per heavy atom. The van der Waals surface area contributed by atoms with Crippen molar-refractivity contribution in [2.45, 2.75) is 45.6 Å². The summed E-state index contributed by atoms with van der Waals surface area (Å²) >= 11 is 0. The standard InChI is InChI=1S/C19H23N3/c1-14(2)16-11-21-22(12-16)13-19(3,4)17-7-8-18-15(10-17)6-5-9-20-18/h5-12,14H,13H2,1-4H3/p+1. The van der Waals surface area contributed by atoms with Gasteiger partial charge < -0.3 is 0 Å². The number of hydrogen-bond donors (Lipinski definition) is 1. The van der Waals surface area contributed by atoms with Gasteiger partial charge in [0.1, 0.15) is 0 Å². The summed E-state index contributed by atoms with van der Waals surface area (Å²) in [6.07, 6.45) is 6.16. The maximum atomic E-state index is 4.40. The minimum Gasteiger partial charge on any atom is -0.256 e. The summed E-state index contributed by atoms with van der Waals surface area (Å²) in [5.41, 5.74) is 3.78. The second-order valence-corrected chi connectivity index (χ2v) is 6.98. The van der Waals surface area contributed by atoms with Crippen LogP contribution in [0.15, 0.2) is 48.9 Å². The van der Waals surface area contributed by atoms with Crippen molar-refractivity contribution in [2.24, 2.45) is 0 Å². The first kappa shape index (κ1) is 14.8. The summed E-state index contributed by atoms with van der Waals surface area (Å²) in [5, 5.41) is 4.56. The van der Waals surface area contributed by atoms with Crippen LogP contribution in [-0.4, -0.2) is 10.1 Å². The van der Waals surface area contributed by atoms with Crippen LogP contribution in [-0.2, 0) is 12.0 Å². The molecular weight excluding hydrogens is 270 g/mol. The predicted octanol–water partition coefficient (Wildman–Crippen LogP) is 3.95. The Balaban J connectivity index is 1.89. The van der Waals surface area contributed by atoms with E-state index in [1.165, 1.54) is 16.5 Å². The molecule has 0 amide bonds. The van der Waals surface area contributed by atoms with E-state index < -0.39 is 0 Å². The van der Waals surface area contributed by atoms with E-state index in [0.29, 0.717) is 5.92 Å². The Kier molecular flexibility index (Phi) is 3.73. The Labute approximate surface area is 132 Å². The number of aromatic amines is 1. The number of hydrogen-bond acceptors (Lipinski definition) is 1. The quantitative estimate of drug-likeness (QED) is 0.726. The van der Waals surface area contributed by atoms with Gasteiger partial charge in [-0.15, -0.1) is 4.68 Å². The zero-order valence-corrected chi connectivity index (χ0v) is 13.8. The maximum absolute atomic E-state index is 4.40. The second kappa shape index (κ2) is 5.56. The molecule has 0 aliphatic carbocycles. The third-order valence-corrected chi connectivity index (χ3v) is 4.32. The molecule has 3 aromatic rings. The number of nitrogens with zero attached hydrogens (tertiary/aromatic N) is 2. The maximum Gasteiger partial charge on any atom is 0.198 e. The number of aromatic nitrogens is 3. The fraction of sp³-hybridized carbons (Fsp3) is 0.368. The molecule has 2 aromatic heterocycles. The molecule has 1 N–H and O–H groups in total. The predicted molar refractivity (Wildman–Crippen MR) is 89.8 cm³/mol. The fourth-order valence-corrected chi connectivity index (χ4v) is 2.83. The molecule has 0 fully saturated rings. The normalized spacial score (nSPS) is 12.2. The molecule has 0 aliphatic heterocycles. The van der Waals surface area contributed by atoms with Gasteiger partial charge in [0.15, 0.2) is 12.7 Å². The molecule has 0 radical (unpaired) electrons. The van der Waals surface area contributed by atoms with Crippen molar-refractivity contribution in [3.63, 3.8) is 0 Å². The van der Waals surface area contributed by atoms with Gasteiger partial charge in [0, 0.05) is 17.1 Å². The van der Waals surface area contributed by atoms with Crippen LogP contribution in [0.5, 0.6) is 0 Å². The molecule has 3 heteroatoms. The van der Waals surface area contributed by atoms with Gasteiger partial charge in [-0.2, -0.15) is 5.10 Å². The molecule has 0 aliphatic rings. The van der Waals surface area contributed by atoms with E-state index in [0.717, 1.165) is 12.1 Å². The topological polar surface area (TPSA) is 32.6 Å². The molecule has 0 unspecified atom stereocenters. The molecule has 0 bridgehead atoms. The first-order valence-electron chi connectivity index (χ1n) is 7.89. The summed E-state index contributed by atoms with van der Waals surface area (Å²) in [7, 11) is 0. The monoisotopic (exact) mass is 294 g/mol. The average molecular weight is 294 g/mol. The number of rotatable bonds is 4. The summed E-state index contributed by atoms with van der Waals surface area (Å²) in [4.78, 5) is 4.40. The molecule has 0 saturated carbocycles. The molecule has 3 rings (SSSR count). The van der Waals surface area contributed by atoms with Crippen molar-refractivity contribution in [3.05, 3.63) is 60.0 Å². The number of H-pyrrole nitrogens is 1. The van der Waals surface area contributed by atoms with Crippen molar-refractivity contribution in [2.75, 3.05) is 0 Å². The number of pyridine rings is 1. The van der Waals surface area contributed by atoms with Crippen LogP contribution in [0, 0.1) is 0 Å². The van der Waals surface area contributed by atoms with Gasteiger partial charge in [0.05, 0.1) is 17.1 Å². The summed E-state index contributed by atoms with van der Waals surface area (Å²) in [6, 6.07) is 10.7. The van der Waals surface area contributed by atoms with Crippen molar-refractivity contribution in [3.8, 4) is 0 Å². The van der Waals surface area contributed by atoms with Crippen molar-refractivity contribution in [1.29, 1.82) is 0 Å². The van der Waals surface area contributed by atoms with Crippen LogP contribution in [0.4, 0.5) is 0 Å². The van der Waals surface area contributed by atoms with E-state index >= 15 is 0 Å². The van der Waals surface area contributed by atoms with Gasteiger partial charge in [-0.05, 0) is 43.5 Å². The number of nitrogens with one attached hydrogen (secondary N) is 1. The lowest BCUT2D eigenvalue weighted by molar-refractivity contribution is -0.756. The summed E-state index contributed by atoms with van der Waals surface area (Å²) in [6.45, 7) is 9.93. The van der Waals surface area contributed by atoms with Crippen LogP contribution in [0.3, 0.4) is 0 Å². The van der Waals surface area contributed by atoms with E-state index in [2.05, 4.69) is 79.1 Å². The Morgan fingerprint density at radius 1 is 1.23 bits per heavy atom. The first-order chi connectivity index (χ1) is 10.5. The van der Waals surface area contributed by atoms with E-state index in [1.54, 1.807) is 0 Å². The molecule has 0 atom stereocenters. The first-order valence-corrected chi connectivity index (χ1v) is 7.89. The lowest BCUT2D eigenvalue weighted by atomic mass is 9.84. The van der Waals surface area contributed by atoms with Crippen LogP contribution >= 0.6 is 0 Å². The molecule has 1 aromatic carbocycles. The highest BCUT2D eigenvalue weighted by Gasteiger charge is 2.27. The van der Waals surface area contributed by atoms with Crippen molar-refractivity contribution in [1.82, 2.24) is 10.1 Å². The SMILES string of the molecule is CC(C)c1c[nH][n+](CC(C)(C)c2ccc3ncccc3c2)c1. The third-order valence-electron chi connectivity index (χ3n) is 4.32. The van der Waals surface area contributed by atoms with E-state index in [-0.39, 0.29) is 5.41 Å². The van der Waals surface area contributed by atoms with Gasteiger partial charge >= 0.3 is 0 Å². The van der Waals surface area contributed by atoms with Crippen LogP contribution in [0.1, 0.15) is 44.7 Å². The van der Waals surface area contributed by atoms with Crippen LogP contribution in [0.25, 0.3) is 10.9 Å². The van der Waals surface area contributed by atoms with Gasteiger partial charge in [-0.1, -0.05) is 26.0 Å². The number of fused-ring (bicyclic) bond motifs is 1. The lowest BCUT2D eigenvalue weighted by Crippen LogP contribution is -2.44. The molecule has 0 saturated heterocycles. The Morgan fingerprint density at radius 2 is 2.05 bits per heavy atom. The van der Waals surface area contributed by atoms with Gasteiger partial charge in [0.25, 0.3) is 0 Å². The van der Waals surface area contributed by atoms with Crippen molar-refractivity contribution >= 4 is 10.9 Å². The van der Waals surface area contributed by atoms with Gasteiger partial charge in [-0.3, -0.25) is 4.98 Å². The van der Waals surface area contributed by atoms with Crippen LogP contribution in [0.2, 0.25) is 0 Å². The summed E-state index contributed by atoms with van der Waals surface area (Å²) in [5.74, 6) is 0.548. The molecule has 3 nitrogen and oxygen atoms in total. The van der Waals surface area contributed by atoms with Crippen molar-refractivity contribution < 1.29 is 4.68 Å². The third kappa shape index (κ3) is 2.89. The van der Waals surface area contributed by atoms with Crippen LogP contribution < -0.4 is 4.68 Å². The zero-order valence-electron chi connectivity index (χ0n) is 13.8. The van der Waals surface area contributed by atoms with Gasteiger partial charge in [-0.25, -0.2) is 0 Å². The Bertz CT molecular complexity index is 784. The molecule has 2 heterocycles. The van der Waals surface area contributed by atoms with E-state index in [1.807, 2.05) is 12.3 Å². The second-order valence-electron chi connectivity index (χ2n) is 6.98. The molecule has 0 spiro atoms. The molecular formula is C19H24N3+.